The number of aliphatic hydroxyl groups excluding tert-OH is 1. The van der Waals surface area contributed by atoms with E-state index in [1.54, 1.807) is 32.0 Å². The summed E-state index contributed by atoms with van der Waals surface area (Å²) in [7, 11) is -3.54. The Kier molecular flexibility index (Phi) is 5.59. The van der Waals surface area contributed by atoms with Gasteiger partial charge < -0.3 is 5.11 Å². The van der Waals surface area contributed by atoms with Gasteiger partial charge in [-0.1, -0.05) is 24.6 Å². The summed E-state index contributed by atoms with van der Waals surface area (Å²) in [5, 5.41) is 9.24. The molecule has 0 saturated heterocycles. The molecular weight excluding hydrogens is 274 g/mol. The third kappa shape index (κ3) is 3.23. The number of hydrogen-bond acceptors (Lipinski definition) is 3. The molecule has 6 heteroatoms. The first-order valence-corrected chi connectivity index (χ1v) is 7.63. The Morgan fingerprint density at radius 1 is 1.39 bits per heavy atom. The van der Waals surface area contributed by atoms with Crippen molar-refractivity contribution in [1.29, 1.82) is 0 Å². The Morgan fingerprint density at radius 2 is 2.06 bits per heavy atom. The Morgan fingerprint density at radius 3 is 2.61 bits per heavy atom. The minimum atomic E-state index is -3.54. The van der Waals surface area contributed by atoms with E-state index in [1.165, 1.54) is 4.31 Å². The van der Waals surface area contributed by atoms with Crippen molar-refractivity contribution in [3.8, 4) is 0 Å². The molecule has 0 fully saturated rings. The maximum absolute atomic E-state index is 12.4. The van der Waals surface area contributed by atoms with E-state index in [1.807, 2.05) is 0 Å². The van der Waals surface area contributed by atoms with Crippen LogP contribution in [-0.4, -0.2) is 37.5 Å². The molecule has 1 rings (SSSR count). The van der Waals surface area contributed by atoms with Gasteiger partial charge in [0.15, 0.2) is 0 Å². The molecule has 102 valence electrons. The second kappa shape index (κ2) is 6.52. The van der Waals surface area contributed by atoms with Gasteiger partial charge in [-0.2, -0.15) is 4.31 Å². The highest BCUT2D eigenvalue weighted by molar-refractivity contribution is 7.89. The van der Waals surface area contributed by atoms with E-state index >= 15 is 0 Å². The predicted octanol–water partition coefficient (Wildman–Crippen LogP) is 2.04. The summed E-state index contributed by atoms with van der Waals surface area (Å²) < 4.78 is 26.2. The number of halogens is 1. The highest BCUT2D eigenvalue weighted by atomic mass is 35.5. The van der Waals surface area contributed by atoms with Crippen LogP contribution in [0, 0.1) is 6.92 Å². The van der Waals surface area contributed by atoms with Crippen molar-refractivity contribution in [2.45, 2.75) is 25.2 Å². The van der Waals surface area contributed by atoms with E-state index in [0.29, 0.717) is 30.1 Å². The molecule has 0 radical (unpaired) electrons. The third-order valence-corrected chi connectivity index (χ3v) is 5.28. The van der Waals surface area contributed by atoms with Gasteiger partial charge in [-0.25, -0.2) is 8.42 Å². The SMILES string of the molecule is CCN(CCCO)S(=O)(=O)c1cccc(Cl)c1C. The molecule has 0 bridgehead atoms. The lowest BCUT2D eigenvalue weighted by Gasteiger charge is -2.21. The molecule has 0 atom stereocenters. The van der Waals surface area contributed by atoms with Crippen LogP contribution in [0.4, 0.5) is 0 Å². The third-order valence-electron chi connectivity index (χ3n) is 2.75. The van der Waals surface area contributed by atoms with Gasteiger partial charge in [-0.3, -0.25) is 0 Å². The summed E-state index contributed by atoms with van der Waals surface area (Å²) in [5.41, 5.74) is 0.557. The highest BCUT2D eigenvalue weighted by Gasteiger charge is 2.24. The summed E-state index contributed by atoms with van der Waals surface area (Å²) in [4.78, 5) is 0.231. The second-order valence-corrected chi connectivity index (χ2v) is 6.25. The summed E-state index contributed by atoms with van der Waals surface area (Å²) in [6.45, 7) is 4.11. The molecule has 0 heterocycles. The standard InChI is InChI=1S/C12H18ClNO3S/c1-3-14(8-5-9-15)18(16,17)12-7-4-6-11(13)10(12)2/h4,6-7,15H,3,5,8-9H2,1-2H3. The van der Waals surface area contributed by atoms with Crippen molar-refractivity contribution in [3.63, 3.8) is 0 Å². The molecule has 0 amide bonds. The van der Waals surface area contributed by atoms with Crippen molar-refractivity contribution < 1.29 is 13.5 Å². The van der Waals surface area contributed by atoms with Crippen LogP contribution in [0.1, 0.15) is 18.9 Å². The van der Waals surface area contributed by atoms with Crippen LogP contribution in [0.25, 0.3) is 0 Å². The lowest BCUT2D eigenvalue weighted by atomic mass is 10.2. The average molecular weight is 292 g/mol. The van der Waals surface area contributed by atoms with Crippen molar-refractivity contribution >= 4 is 21.6 Å². The van der Waals surface area contributed by atoms with Gasteiger partial charge >= 0.3 is 0 Å². The largest absolute Gasteiger partial charge is 0.396 e. The molecule has 18 heavy (non-hydrogen) atoms. The number of aliphatic hydroxyl groups is 1. The van der Waals surface area contributed by atoms with Crippen LogP contribution < -0.4 is 0 Å². The van der Waals surface area contributed by atoms with Crippen molar-refractivity contribution in [3.05, 3.63) is 28.8 Å². The van der Waals surface area contributed by atoms with E-state index in [2.05, 4.69) is 0 Å². The van der Waals surface area contributed by atoms with Crippen molar-refractivity contribution in [2.24, 2.45) is 0 Å². The van der Waals surface area contributed by atoms with Gasteiger partial charge in [0.1, 0.15) is 0 Å². The number of hydrogen-bond donors (Lipinski definition) is 1. The summed E-state index contributed by atoms with van der Waals surface area (Å²) >= 11 is 5.95. The van der Waals surface area contributed by atoms with Gasteiger partial charge in [0.25, 0.3) is 0 Å². The first-order valence-electron chi connectivity index (χ1n) is 5.81. The lowest BCUT2D eigenvalue weighted by molar-refractivity contribution is 0.271. The molecule has 0 saturated carbocycles. The number of rotatable bonds is 6. The molecule has 1 aromatic carbocycles. The van der Waals surface area contributed by atoms with Gasteiger partial charge in [-0.15, -0.1) is 0 Å². The monoisotopic (exact) mass is 291 g/mol. The highest BCUT2D eigenvalue weighted by Crippen LogP contribution is 2.25. The molecule has 1 aromatic rings. The topological polar surface area (TPSA) is 57.6 Å². The molecule has 0 unspecified atom stereocenters. The molecule has 4 nitrogen and oxygen atoms in total. The van der Waals surface area contributed by atoms with Gasteiger partial charge in [0.05, 0.1) is 4.90 Å². The zero-order valence-corrected chi connectivity index (χ0v) is 12.1. The predicted molar refractivity (Wildman–Crippen MR) is 72.3 cm³/mol. The normalized spacial score (nSPS) is 12.1. The van der Waals surface area contributed by atoms with Gasteiger partial charge in [-0.05, 0) is 31.0 Å². The van der Waals surface area contributed by atoms with Gasteiger partial charge in [0, 0.05) is 24.7 Å². The van der Waals surface area contributed by atoms with E-state index in [0.717, 1.165) is 0 Å². The minimum Gasteiger partial charge on any atom is -0.396 e. The number of benzene rings is 1. The van der Waals surface area contributed by atoms with E-state index in [9.17, 15) is 8.42 Å². The molecule has 1 N–H and O–H groups in total. The van der Waals surface area contributed by atoms with Crippen molar-refractivity contribution in [2.75, 3.05) is 19.7 Å². The molecule has 0 aliphatic rings. The van der Waals surface area contributed by atoms with Crippen LogP contribution in [0.5, 0.6) is 0 Å². The van der Waals surface area contributed by atoms with Crippen LogP contribution in [0.3, 0.4) is 0 Å². The van der Waals surface area contributed by atoms with Crippen molar-refractivity contribution in [1.82, 2.24) is 4.31 Å². The van der Waals surface area contributed by atoms with Crippen LogP contribution >= 0.6 is 11.6 Å². The Labute approximate surface area is 113 Å². The average Bonchev–Trinajstić information content (AvgIpc) is 2.33. The molecule has 0 spiro atoms. The molecular formula is C12H18ClNO3S. The summed E-state index contributed by atoms with van der Waals surface area (Å²) in [6, 6.07) is 4.85. The zero-order valence-electron chi connectivity index (χ0n) is 10.6. The first-order chi connectivity index (χ1) is 8.45. The number of sulfonamides is 1. The number of nitrogens with zero attached hydrogens (tertiary/aromatic N) is 1. The summed E-state index contributed by atoms with van der Waals surface area (Å²) in [5.74, 6) is 0. The first kappa shape index (κ1) is 15.4. The maximum Gasteiger partial charge on any atom is 0.243 e. The quantitative estimate of drug-likeness (QED) is 0.872. The smallest absolute Gasteiger partial charge is 0.243 e. The second-order valence-electron chi connectivity index (χ2n) is 3.94. The molecule has 0 aromatic heterocycles. The van der Waals surface area contributed by atoms with Crippen LogP contribution in [0.15, 0.2) is 23.1 Å². The van der Waals surface area contributed by atoms with E-state index in [4.69, 9.17) is 16.7 Å². The zero-order chi connectivity index (χ0) is 13.8. The van der Waals surface area contributed by atoms with Crippen LogP contribution in [-0.2, 0) is 10.0 Å². The Balaban J connectivity index is 3.15. The Hall–Kier alpha value is -0.620. The summed E-state index contributed by atoms with van der Waals surface area (Å²) in [6.07, 6.45) is 0.423. The lowest BCUT2D eigenvalue weighted by Crippen LogP contribution is -2.32. The Bertz CT molecular complexity index is 502. The van der Waals surface area contributed by atoms with E-state index < -0.39 is 10.0 Å². The fourth-order valence-corrected chi connectivity index (χ4v) is 3.67. The molecule has 0 aliphatic heterocycles. The fourth-order valence-electron chi connectivity index (χ4n) is 1.70. The maximum atomic E-state index is 12.4. The fraction of sp³-hybridized carbons (Fsp3) is 0.500. The van der Waals surface area contributed by atoms with Gasteiger partial charge in [0.2, 0.25) is 10.0 Å². The molecule has 0 aliphatic carbocycles. The van der Waals surface area contributed by atoms with E-state index in [-0.39, 0.29) is 11.5 Å². The van der Waals surface area contributed by atoms with Crippen LogP contribution in [0.2, 0.25) is 5.02 Å². The minimum absolute atomic E-state index is 0.0272.